The van der Waals surface area contributed by atoms with Gasteiger partial charge >= 0.3 is 12.0 Å². The standard InChI is InChI=1S/C15H15BrN2O6/c1-3-18-14(21)10(17-15(18)22)5-8-4-9(16)13(11(6-8)23-2)24-7-12(19)20/h4-6H,3,7H2,1-2H3,(H,17,22)(H,19,20)/b10-5+. The van der Waals surface area contributed by atoms with Crippen molar-refractivity contribution in [3.8, 4) is 11.5 Å². The number of carboxylic acids is 1. The van der Waals surface area contributed by atoms with Gasteiger partial charge in [-0.05, 0) is 46.6 Å². The lowest BCUT2D eigenvalue weighted by atomic mass is 10.1. The van der Waals surface area contributed by atoms with E-state index in [1.165, 1.54) is 13.2 Å². The predicted molar refractivity (Wildman–Crippen MR) is 87.7 cm³/mol. The van der Waals surface area contributed by atoms with Gasteiger partial charge in [0.2, 0.25) is 0 Å². The van der Waals surface area contributed by atoms with Crippen molar-refractivity contribution in [3.05, 3.63) is 27.9 Å². The molecule has 3 amide bonds. The van der Waals surface area contributed by atoms with Crippen LogP contribution in [-0.2, 0) is 9.59 Å². The average Bonchev–Trinajstić information content (AvgIpc) is 2.79. The number of halogens is 1. The first-order valence-corrected chi connectivity index (χ1v) is 7.73. The number of nitrogens with one attached hydrogen (secondary N) is 1. The first kappa shape index (κ1) is 17.8. The number of carbonyl (C=O) groups excluding carboxylic acids is 2. The fraction of sp³-hybridized carbons (Fsp3) is 0.267. The topological polar surface area (TPSA) is 105 Å². The Balaban J connectivity index is 2.34. The second-order valence-electron chi connectivity index (χ2n) is 4.75. The number of hydrogen-bond acceptors (Lipinski definition) is 5. The summed E-state index contributed by atoms with van der Waals surface area (Å²) in [6.07, 6.45) is 1.50. The number of carboxylic acid groups (broad SMARTS) is 1. The monoisotopic (exact) mass is 398 g/mol. The van der Waals surface area contributed by atoms with Crippen LogP contribution in [0.5, 0.6) is 11.5 Å². The third-order valence-corrected chi connectivity index (χ3v) is 3.77. The van der Waals surface area contributed by atoms with Gasteiger partial charge in [0.15, 0.2) is 18.1 Å². The molecule has 9 heteroatoms. The molecule has 1 aliphatic rings. The molecule has 0 spiro atoms. The first-order chi connectivity index (χ1) is 11.4. The minimum Gasteiger partial charge on any atom is -0.493 e. The molecule has 0 atom stereocenters. The maximum atomic E-state index is 12.1. The fourth-order valence-corrected chi connectivity index (χ4v) is 2.70. The second kappa shape index (κ2) is 7.35. The Hall–Kier alpha value is -2.55. The third-order valence-electron chi connectivity index (χ3n) is 3.18. The maximum Gasteiger partial charge on any atom is 0.341 e. The van der Waals surface area contributed by atoms with Crippen LogP contribution in [0.2, 0.25) is 0 Å². The summed E-state index contributed by atoms with van der Waals surface area (Å²) < 4.78 is 10.8. The van der Waals surface area contributed by atoms with Crippen molar-refractivity contribution >= 4 is 39.9 Å². The Bertz CT molecular complexity index is 731. The highest BCUT2D eigenvalue weighted by molar-refractivity contribution is 9.10. The van der Waals surface area contributed by atoms with Crippen molar-refractivity contribution in [2.75, 3.05) is 20.3 Å². The number of hydrogen-bond donors (Lipinski definition) is 2. The minimum absolute atomic E-state index is 0.148. The average molecular weight is 399 g/mol. The quantitative estimate of drug-likeness (QED) is 0.559. The van der Waals surface area contributed by atoms with Crippen molar-refractivity contribution in [3.63, 3.8) is 0 Å². The fourth-order valence-electron chi connectivity index (χ4n) is 2.12. The molecule has 1 fully saturated rings. The van der Waals surface area contributed by atoms with Crippen molar-refractivity contribution in [2.24, 2.45) is 0 Å². The van der Waals surface area contributed by atoms with Crippen LogP contribution in [0.3, 0.4) is 0 Å². The number of nitrogens with zero attached hydrogens (tertiary/aromatic N) is 1. The van der Waals surface area contributed by atoms with E-state index in [1.807, 2.05) is 0 Å². The number of imide groups is 1. The molecule has 0 radical (unpaired) electrons. The Morgan fingerprint density at radius 2 is 2.12 bits per heavy atom. The van der Waals surface area contributed by atoms with Crippen LogP contribution >= 0.6 is 15.9 Å². The van der Waals surface area contributed by atoms with E-state index in [-0.39, 0.29) is 18.0 Å². The summed E-state index contributed by atoms with van der Waals surface area (Å²) in [4.78, 5) is 35.4. The third kappa shape index (κ3) is 3.67. The van der Waals surface area contributed by atoms with Crippen LogP contribution in [0.25, 0.3) is 6.08 Å². The molecular formula is C15H15BrN2O6. The van der Waals surface area contributed by atoms with Gasteiger partial charge in [-0.1, -0.05) is 0 Å². The predicted octanol–water partition coefficient (Wildman–Crippen LogP) is 1.83. The van der Waals surface area contributed by atoms with E-state index in [9.17, 15) is 14.4 Å². The van der Waals surface area contributed by atoms with Crippen LogP contribution in [-0.4, -0.2) is 48.2 Å². The minimum atomic E-state index is -1.12. The van der Waals surface area contributed by atoms with Crippen LogP contribution in [0.4, 0.5) is 4.79 Å². The van der Waals surface area contributed by atoms with E-state index in [2.05, 4.69) is 21.2 Å². The molecule has 0 unspecified atom stereocenters. The summed E-state index contributed by atoms with van der Waals surface area (Å²) in [5.74, 6) is -1.00. The van der Waals surface area contributed by atoms with Crippen molar-refractivity contribution in [2.45, 2.75) is 6.92 Å². The SMILES string of the molecule is CCN1C(=O)N/C(=C/c2cc(Br)c(OCC(=O)O)c(OC)c2)C1=O. The molecule has 0 bridgehead atoms. The zero-order chi connectivity index (χ0) is 17.9. The largest absolute Gasteiger partial charge is 0.493 e. The van der Waals surface area contributed by atoms with Crippen LogP contribution < -0.4 is 14.8 Å². The number of benzene rings is 1. The van der Waals surface area contributed by atoms with Gasteiger partial charge in [0.05, 0.1) is 11.6 Å². The van der Waals surface area contributed by atoms with E-state index < -0.39 is 24.5 Å². The lowest BCUT2D eigenvalue weighted by molar-refractivity contribution is -0.139. The first-order valence-electron chi connectivity index (χ1n) is 6.94. The van der Waals surface area contributed by atoms with Gasteiger partial charge in [0, 0.05) is 6.54 Å². The molecule has 2 N–H and O–H groups in total. The van der Waals surface area contributed by atoms with Gasteiger partial charge in [-0.25, -0.2) is 9.59 Å². The Kier molecular flexibility index (Phi) is 5.45. The number of likely N-dealkylation sites (N-methyl/N-ethyl adjacent to an activating group) is 1. The van der Waals surface area contributed by atoms with Gasteiger partial charge in [0.25, 0.3) is 5.91 Å². The van der Waals surface area contributed by atoms with Gasteiger partial charge < -0.3 is 19.9 Å². The summed E-state index contributed by atoms with van der Waals surface area (Å²) in [5.41, 5.74) is 0.720. The summed E-state index contributed by atoms with van der Waals surface area (Å²) in [6, 6.07) is 2.73. The van der Waals surface area contributed by atoms with E-state index in [0.29, 0.717) is 15.8 Å². The van der Waals surface area contributed by atoms with Gasteiger partial charge in [-0.15, -0.1) is 0 Å². The summed E-state index contributed by atoms with van der Waals surface area (Å²) in [6.45, 7) is 1.46. The Morgan fingerprint density at radius 3 is 2.67 bits per heavy atom. The zero-order valence-electron chi connectivity index (χ0n) is 13.0. The molecule has 128 valence electrons. The molecule has 0 saturated carbocycles. The van der Waals surface area contributed by atoms with Crippen LogP contribution in [0.1, 0.15) is 12.5 Å². The van der Waals surface area contributed by atoms with Gasteiger partial charge in [-0.3, -0.25) is 9.69 Å². The molecule has 8 nitrogen and oxygen atoms in total. The lowest BCUT2D eigenvalue weighted by Crippen LogP contribution is -2.30. The smallest absolute Gasteiger partial charge is 0.341 e. The summed E-state index contributed by atoms with van der Waals surface area (Å²) >= 11 is 3.28. The van der Waals surface area contributed by atoms with Gasteiger partial charge in [-0.2, -0.15) is 0 Å². The molecule has 0 aliphatic carbocycles. The van der Waals surface area contributed by atoms with E-state index in [4.69, 9.17) is 14.6 Å². The van der Waals surface area contributed by atoms with Crippen molar-refractivity contribution < 1.29 is 29.0 Å². The van der Waals surface area contributed by atoms with Crippen molar-refractivity contribution in [1.82, 2.24) is 10.2 Å². The van der Waals surface area contributed by atoms with Crippen LogP contribution in [0.15, 0.2) is 22.3 Å². The van der Waals surface area contributed by atoms with E-state index >= 15 is 0 Å². The summed E-state index contributed by atoms with van der Waals surface area (Å²) in [7, 11) is 1.41. The molecular weight excluding hydrogens is 384 g/mol. The van der Waals surface area contributed by atoms with E-state index in [1.54, 1.807) is 19.1 Å². The zero-order valence-corrected chi connectivity index (χ0v) is 14.5. The number of carbonyl (C=O) groups is 3. The molecule has 1 aromatic rings. The number of methoxy groups -OCH3 is 1. The maximum absolute atomic E-state index is 12.1. The van der Waals surface area contributed by atoms with Crippen LogP contribution in [0, 0.1) is 0 Å². The highest BCUT2D eigenvalue weighted by atomic mass is 79.9. The number of amides is 3. The highest BCUT2D eigenvalue weighted by Gasteiger charge is 2.32. The number of rotatable bonds is 6. The number of urea groups is 1. The molecule has 2 rings (SSSR count). The molecule has 0 aromatic heterocycles. The van der Waals surface area contributed by atoms with Gasteiger partial charge in [0.1, 0.15) is 5.70 Å². The number of ether oxygens (including phenoxy) is 2. The van der Waals surface area contributed by atoms with E-state index in [0.717, 1.165) is 4.90 Å². The number of aliphatic carboxylic acids is 1. The van der Waals surface area contributed by atoms with Crippen molar-refractivity contribution in [1.29, 1.82) is 0 Å². The molecule has 1 aromatic carbocycles. The lowest BCUT2D eigenvalue weighted by Gasteiger charge is -2.12. The molecule has 24 heavy (non-hydrogen) atoms. The highest BCUT2D eigenvalue weighted by Crippen LogP contribution is 2.37. The molecule has 1 saturated heterocycles. The second-order valence-corrected chi connectivity index (χ2v) is 5.61. The Morgan fingerprint density at radius 1 is 1.42 bits per heavy atom. The normalized spacial score (nSPS) is 15.6. The summed E-state index contributed by atoms with van der Waals surface area (Å²) in [5, 5.41) is 11.2. The Labute approximate surface area is 146 Å². The molecule has 1 heterocycles. The molecule has 1 aliphatic heterocycles.